The van der Waals surface area contributed by atoms with Crippen molar-refractivity contribution in [2.45, 2.75) is 6.92 Å². The van der Waals surface area contributed by atoms with Gasteiger partial charge in [-0.05, 0) is 12.5 Å². The van der Waals surface area contributed by atoms with Crippen molar-refractivity contribution < 1.29 is 9.13 Å². The van der Waals surface area contributed by atoms with Crippen LogP contribution in [0.5, 0.6) is 5.75 Å². The minimum atomic E-state index is -0.453. The van der Waals surface area contributed by atoms with Crippen LogP contribution in [0.4, 0.5) is 10.1 Å². The first-order chi connectivity index (χ1) is 5.70. The largest absolute Gasteiger partial charge is 0.505 e. The molecule has 1 rings (SSSR count). The Labute approximate surface area is 70.4 Å². The van der Waals surface area contributed by atoms with Gasteiger partial charge in [0.2, 0.25) is 5.69 Å². The zero-order valence-corrected chi connectivity index (χ0v) is 6.89. The van der Waals surface area contributed by atoms with E-state index in [1.54, 1.807) is 19.1 Å². The van der Waals surface area contributed by atoms with Gasteiger partial charge in [0.05, 0.1) is 13.7 Å². The second-order valence-corrected chi connectivity index (χ2v) is 2.36. The van der Waals surface area contributed by atoms with Crippen LogP contribution in [0.3, 0.4) is 0 Å². The third-order valence-electron chi connectivity index (χ3n) is 1.59. The van der Waals surface area contributed by atoms with Crippen molar-refractivity contribution in [3.8, 4) is 5.75 Å². The van der Waals surface area contributed by atoms with Gasteiger partial charge in [-0.2, -0.15) is 0 Å². The van der Waals surface area contributed by atoms with Crippen LogP contribution in [-0.2, 0) is 0 Å². The van der Waals surface area contributed by atoms with E-state index in [9.17, 15) is 4.39 Å². The summed E-state index contributed by atoms with van der Waals surface area (Å²) in [6, 6.07) is 3.11. The molecule has 0 saturated heterocycles. The number of hydrogen-bond donors (Lipinski definition) is 0. The number of benzene rings is 1. The topological polar surface area (TPSA) is 13.6 Å². The highest BCUT2D eigenvalue weighted by Crippen LogP contribution is 2.31. The van der Waals surface area contributed by atoms with Crippen molar-refractivity contribution in [3.05, 3.63) is 34.9 Å². The third kappa shape index (κ3) is 1.24. The average molecular weight is 165 g/mol. The fourth-order valence-electron chi connectivity index (χ4n) is 0.927. The summed E-state index contributed by atoms with van der Waals surface area (Å²) in [6.45, 7) is 8.36. The number of aryl methyl sites for hydroxylation is 1. The molecule has 0 spiro atoms. The average Bonchev–Trinajstić information content (AvgIpc) is 2.09. The van der Waals surface area contributed by atoms with Crippen LogP contribution in [0.1, 0.15) is 5.56 Å². The Hall–Kier alpha value is -1.56. The van der Waals surface area contributed by atoms with E-state index in [0.717, 1.165) is 0 Å². The zero-order valence-electron chi connectivity index (χ0n) is 6.89. The van der Waals surface area contributed by atoms with Gasteiger partial charge in [0.1, 0.15) is 0 Å². The second-order valence-electron chi connectivity index (χ2n) is 2.36. The number of ether oxygens (including phenoxy) is 1. The Bertz CT molecular complexity index is 341. The van der Waals surface area contributed by atoms with Gasteiger partial charge in [-0.3, -0.25) is 0 Å². The molecular formula is C9H8FNO. The van der Waals surface area contributed by atoms with E-state index in [1.165, 1.54) is 7.11 Å². The third-order valence-corrected chi connectivity index (χ3v) is 1.59. The molecule has 0 aromatic heterocycles. The molecule has 0 atom stereocenters. The highest BCUT2D eigenvalue weighted by molar-refractivity contribution is 5.59. The molecule has 0 unspecified atom stereocenters. The van der Waals surface area contributed by atoms with Gasteiger partial charge >= 0.3 is 0 Å². The molecule has 3 heteroatoms. The summed E-state index contributed by atoms with van der Waals surface area (Å²) in [5.74, 6) is -0.420. The molecule has 12 heavy (non-hydrogen) atoms. The summed E-state index contributed by atoms with van der Waals surface area (Å²) in [6.07, 6.45) is 0. The summed E-state index contributed by atoms with van der Waals surface area (Å²) in [7, 11) is 1.35. The minimum absolute atomic E-state index is 0.0324. The molecule has 1 aromatic carbocycles. The van der Waals surface area contributed by atoms with Crippen molar-refractivity contribution in [2.24, 2.45) is 0 Å². The maximum absolute atomic E-state index is 13.2. The maximum atomic E-state index is 13.2. The number of halogens is 1. The first-order valence-corrected chi connectivity index (χ1v) is 3.41. The number of hydrogen-bond acceptors (Lipinski definition) is 1. The number of rotatable bonds is 1. The predicted octanol–water partition coefficient (Wildman–Crippen LogP) is 2.69. The van der Waals surface area contributed by atoms with Gasteiger partial charge in [-0.25, -0.2) is 9.24 Å². The first-order valence-electron chi connectivity index (χ1n) is 3.41. The summed E-state index contributed by atoms with van der Waals surface area (Å²) in [4.78, 5) is 3.13. The van der Waals surface area contributed by atoms with Crippen LogP contribution in [0.25, 0.3) is 4.85 Å². The molecule has 2 nitrogen and oxygen atoms in total. The van der Waals surface area contributed by atoms with E-state index >= 15 is 0 Å². The van der Waals surface area contributed by atoms with Crippen molar-refractivity contribution in [2.75, 3.05) is 7.11 Å². The minimum Gasteiger partial charge on any atom is -0.505 e. The van der Waals surface area contributed by atoms with E-state index in [4.69, 9.17) is 11.3 Å². The van der Waals surface area contributed by atoms with Crippen molar-refractivity contribution in [1.82, 2.24) is 0 Å². The lowest BCUT2D eigenvalue weighted by Gasteiger charge is -2.05. The van der Waals surface area contributed by atoms with Crippen LogP contribution in [0, 0.1) is 19.3 Å². The van der Waals surface area contributed by atoms with Gasteiger partial charge < -0.3 is 4.74 Å². The molecule has 0 heterocycles. The monoisotopic (exact) mass is 165 g/mol. The van der Waals surface area contributed by atoms with E-state index < -0.39 is 5.82 Å². The van der Waals surface area contributed by atoms with Crippen molar-refractivity contribution >= 4 is 5.69 Å². The smallest absolute Gasteiger partial charge is 0.231 e. The van der Waals surface area contributed by atoms with Crippen molar-refractivity contribution in [3.63, 3.8) is 0 Å². The molecule has 0 saturated carbocycles. The molecule has 0 N–H and O–H groups in total. The standard InChI is InChI=1S/C9H8FNO/c1-6-4-5-7(11-2)9(12-3)8(6)10/h4-5H,1,3H3. The van der Waals surface area contributed by atoms with Crippen LogP contribution >= 0.6 is 0 Å². The van der Waals surface area contributed by atoms with Gasteiger partial charge in [-0.15, -0.1) is 0 Å². The zero-order chi connectivity index (χ0) is 9.14. The number of nitrogens with zero attached hydrogens (tertiary/aromatic N) is 1. The van der Waals surface area contributed by atoms with Crippen LogP contribution in [-0.4, -0.2) is 7.11 Å². The van der Waals surface area contributed by atoms with Gasteiger partial charge in [0.15, 0.2) is 11.6 Å². The normalized spacial score (nSPS) is 9.17. The molecule has 0 radical (unpaired) electrons. The fourth-order valence-corrected chi connectivity index (χ4v) is 0.927. The fraction of sp³-hybridized carbons (Fsp3) is 0.222. The lowest BCUT2D eigenvalue weighted by molar-refractivity contribution is 0.388. The first kappa shape index (κ1) is 8.54. The predicted molar refractivity (Wildman–Crippen MR) is 44.0 cm³/mol. The highest BCUT2D eigenvalue weighted by Gasteiger charge is 2.10. The van der Waals surface area contributed by atoms with E-state index in [-0.39, 0.29) is 11.4 Å². The molecule has 0 aliphatic carbocycles. The molecule has 1 aromatic rings. The molecule has 62 valence electrons. The molecular weight excluding hydrogens is 157 g/mol. The maximum Gasteiger partial charge on any atom is 0.231 e. The lowest BCUT2D eigenvalue weighted by Crippen LogP contribution is -1.90. The Balaban J connectivity index is 3.38. The van der Waals surface area contributed by atoms with Crippen molar-refractivity contribution in [1.29, 1.82) is 0 Å². The van der Waals surface area contributed by atoms with Crippen LogP contribution < -0.4 is 4.74 Å². The summed E-state index contributed by atoms with van der Waals surface area (Å²) < 4.78 is 17.9. The second kappa shape index (κ2) is 3.22. The van der Waals surface area contributed by atoms with E-state index in [2.05, 4.69) is 4.85 Å². The Morgan fingerprint density at radius 1 is 1.50 bits per heavy atom. The molecule has 0 fully saturated rings. The summed E-state index contributed by atoms with van der Waals surface area (Å²) >= 11 is 0. The Kier molecular flexibility index (Phi) is 2.29. The van der Waals surface area contributed by atoms with Gasteiger partial charge in [-0.1, -0.05) is 12.1 Å². The van der Waals surface area contributed by atoms with Gasteiger partial charge in [0, 0.05) is 0 Å². The SMILES string of the molecule is [C-]#[N+]c1ccc(C)c(F)c1OC. The molecule has 0 aliphatic rings. The quantitative estimate of drug-likeness (QED) is 0.583. The van der Waals surface area contributed by atoms with Crippen LogP contribution in [0.15, 0.2) is 12.1 Å². The van der Waals surface area contributed by atoms with Gasteiger partial charge in [0.25, 0.3) is 0 Å². The highest BCUT2D eigenvalue weighted by atomic mass is 19.1. The molecule has 0 aliphatic heterocycles. The van der Waals surface area contributed by atoms with Crippen LogP contribution in [0.2, 0.25) is 0 Å². The Morgan fingerprint density at radius 3 is 2.67 bits per heavy atom. The lowest BCUT2D eigenvalue weighted by atomic mass is 10.2. The van der Waals surface area contributed by atoms with E-state index in [1.807, 2.05) is 0 Å². The summed E-state index contributed by atoms with van der Waals surface area (Å²) in [5, 5.41) is 0. The summed E-state index contributed by atoms with van der Waals surface area (Å²) in [5.41, 5.74) is 0.694. The molecule has 0 bridgehead atoms. The number of methoxy groups -OCH3 is 1. The molecule has 0 amide bonds. The van der Waals surface area contributed by atoms with E-state index in [0.29, 0.717) is 5.56 Å². The Morgan fingerprint density at radius 2 is 2.17 bits per heavy atom.